The summed E-state index contributed by atoms with van der Waals surface area (Å²) < 4.78 is 1.86. The lowest BCUT2D eigenvalue weighted by atomic mass is 10.1. The van der Waals surface area contributed by atoms with Crippen molar-refractivity contribution >= 4 is 11.9 Å². The van der Waals surface area contributed by atoms with Gasteiger partial charge in [-0.05, 0) is 24.5 Å². The lowest BCUT2D eigenvalue weighted by Gasteiger charge is -2.16. The molecule has 0 radical (unpaired) electrons. The summed E-state index contributed by atoms with van der Waals surface area (Å²) in [4.78, 5) is 32.3. The second-order valence-electron chi connectivity index (χ2n) is 6.43. The van der Waals surface area contributed by atoms with E-state index in [0.717, 1.165) is 36.0 Å². The number of hydrogen-bond donors (Lipinski definition) is 1. The van der Waals surface area contributed by atoms with Crippen molar-refractivity contribution in [3.63, 3.8) is 0 Å². The van der Waals surface area contributed by atoms with Crippen molar-refractivity contribution in [2.75, 3.05) is 13.6 Å². The molecule has 2 heterocycles. The van der Waals surface area contributed by atoms with E-state index in [4.69, 9.17) is 5.11 Å². The Hall–Kier alpha value is -3.55. The Morgan fingerprint density at radius 3 is 2.43 bits per heavy atom. The van der Waals surface area contributed by atoms with Gasteiger partial charge in [0.2, 0.25) is 0 Å². The summed E-state index contributed by atoms with van der Waals surface area (Å²) in [5.41, 5.74) is 3.06. The third-order valence-electron chi connectivity index (χ3n) is 4.36. The molecule has 0 saturated carbocycles. The number of carbonyl (C=O) groups is 2. The standard InChI is InChI=1S/C20H21N5O3/c1-24(19(26)16-12-22-17(13-21-16)20(27)28)10-6-9-15-11-18(25(2)23-15)14-7-4-3-5-8-14/h3-5,7-8,11-13H,6,9-10H2,1-2H3,(H,27,28). The number of hydrogen-bond acceptors (Lipinski definition) is 5. The molecule has 0 aliphatic rings. The van der Waals surface area contributed by atoms with Crippen LogP contribution in [0.25, 0.3) is 11.3 Å². The summed E-state index contributed by atoms with van der Waals surface area (Å²) in [5, 5.41) is 13.4. The number of carbonyl (C=O) groups excluding carboxylic acids is 1. The van der Waals surface area contributed by atoms with Crippen LogP contribution in [-0.2, 0) is 13.5 Å². The van der Waals surface area contributed by atoms with Crippen LogP contribution in [0, 0.1) is 0 Å². The fraction of sp³-hybridized carbons (Fsp3) is 0.250. The molecule has 0 fully saturated rings. The van der Waals surface area contributed by atoms with Crippen molar-refractivity contribution in [1.29, 1.82) is 0 Å². The van der Waals surface area contributed by atoms with Gasteiger partial charge in [0.05, 0.1) is 23.8 Å². The zero-order valence-electron chi connectivity index (χ0n) is 15.7. The average molecular weight is 379 g/mol. The maximum absolute atomic E-state index is 12.4. The molecule has 3 rings (SSSR count). The fourth-order valence-electron chi connectivity index (χ4n) is 2.87. The van der Waals surface area contributed by atoms with Gasteiger partial charge in [-0.25, -0.2) is 14.8 Å². The van der Waals surface area contributed by atoms with E-state index in [1.165, 1.54) is 6.20 Å². The van der Waals surface area contributed by atoms with Crippen molar-refractivity contribution in [2.24, 2.45) is 7.05 Å². The van der Waals surface area contributed by atoms with Gasteiger partial charge in [0, 0.05) is 20.6 Å². The Morgan fingerprint density at radius 2 is 1.79 bits per heavy atom. The molecular weight excluding hydrogens is 358 g/mol. The summed E-state index contributed by atoms with van der Waals surface area (Å²) in [6.07, 6.45) is 3.76. The number of carboxylic acids is 1. The lowest BCUT2D eigenvalue weighted by Crippen LogP contribution is -2.29. The predicted octanol–water partition coefficient (Wildman–Crippen LogP) is 2.28. The first-order chi connectivity index (χ1) is 13.5. The normalized spacial score (nSPS) is 10.6. The average Bonchev–Trinajstić information content (AvgIpc) is 3.08. The summed E-state index contributed by atoms with van der Waals surface area (Å²) >= 11 is 0. The molecule has 0 saturated heterocycles. The van der Waals surface area contributed by atoms with Crippen LogP contribution in [0.5, 0.6) is 0 Å². The topological polar surface area (TPSA) is 101 Å². The quantitative estimate of drug-likeness (QED) is 0.676. The maximum Gasteiger partial charge on any atom is 0.356 e. The van der Waals surface area contributed by atoms with Crippen LogP contribution in [0.15, 0.2) is 48.8 Å². The Morgan fingerprint density at radius 1 is 1.11 bits per heavy atom. The number of aromatic carboxylic acids is 1. The van der Waals surface area contributed by atoms with Gasteiger partial charge >= 0.3 is 5.97 Å². The molecular formula is C20H21N5O3. The first-order valence-corrected chi connectivity index (χ1v) is 8.85. The Kier molecular flexibility index (Phi) is 5.78. The van der Waals surface area contributed by atoms with Crippen molar-refractivity contribution in [3.8, 4) is 11.3 Å². The van der Waals surface area contributed by atoms with Crippen LogP contribution in [0.2, 0.25) is 0 Å². The van der Waals surface area contributed by atoms with E-state index in [1.54, 1.807) is 11.9 Å². The van der Waals surface area contributed by atoms with Gasteiger partial charge in [0.15, 0.2) is 5.69 Å². The van der Waals surface area contributed by atoms with E-state index in [-0.39, 0.29) is 17.3 Å². The number of carboxylic acid groups (broad SMARTS) is 1. The summed E-state index contributed by atoms with van der Waals surface area (Å²) in [6, 6.07) is 12.1. The molecule has 28 heavy (non-hydrogen) atoms. The van der Waals surface area contributed by atoms with E-state index in [0.29, 0.717) is 6.54 Å². The van der Waals surface area contributed by atoms with Crippen LogP contribution in [0.4, 0.5) is 0 Å². The molecule has 0 atom stereocenters. The SMILES string of the molecule is CN(CCCc1cc(-c2ccccc2)n(C)n1)C(=O)c1cnc(C(=O)O)cn1. The second kappa shape index (κ2) is 8.43. The van der Waals surface area contributed by atoms with E-state index in [1.807, 2.05) is 42.1 Å². The number of benzene rings is 1. The molecule has 0 aliphatic carbocycles. The smallest absolute Gasteiger partial charge is 0.356 e. The summed E-state index contributed by atoms with van der Waals surface area (Å²) in [5.74, 6) is -1.47. The fourth-order valence-corrected chi connectivity index (χ4v) is 2.87. The predicted molar refractivity (Wildman–Crippen MR) is 103 cm³/mol. The number of nitrogens with zero attached hydrogens (tertiary/aromatic N) is 5. The second-order valence-corrected chi connectivity index (χ2v) is 6.43. The van der Waals surface area contributed by atoms with Crippen molar-refractivity contribution in [3.05, 3.63) is 65.9 Å². The monoisotopic (exact) mass is 379 g/mol. The van der Waals surface area contributed by atoms with Crippen LogP contribution in [0.3, 0.4) is 0 Å². The minimum Gasteiger partial charge on any atom is -0.476 e. The van der Waals surface area contributed by atoms with Crippen molar-refractivity contribution < 1.29 is 14.7 Å². The highest BCUT2D eigenvalue weighted by Crippen LogP contribution is 2.20. The van der Waals surface area contributed by atoms with Gasteiger partial charge < -0.3 is 10.0 Å². The van der Waals surface area contributed by atoms with Crippen LogP contribution < -0.4 is 0 Å². The first kappa shape index (κ1) is 19.2. The molecule has 1 aromatic carbocycles. The molecule has 8 heteroatoms. The molecule has 8 nitrogen and oxygen atoms in total. The van der Waals surface area contributed by atoms with E-state index in [9.17, 15) is 9.59 Å². The van der Waals surface area contributed by atoms with Gasteiger partial charge in [-0.2, -0.15) is 5.10 Å². The van der Waals surface area contributed by atoms with Crippen LogP contribution in [0.1, 0.15) is 33.1 Å². The van der Waals surface area contributed by atoms with Gasteiger partial charge in [-0.15, -0.1) is 0 Å². The third kappa shape index (κ3) is 4.40. The molecule has 0 unspecified atom stereocenters. The molecule has 0 aliphatic heterocycles. The van der Waals surface area contributed by atoms with E-state index < -0.39 is 5.97 Å². The van der Waals surface area contributed by atoms with Crippen molar-refractivity contribution in [2.45, 2.75) is 12.8 Å². The van der Waals surface area contributed by atoms with E-state index >= 15 is 0 Å². The highest BCUT2D eigenvalue weighted by atomic mass is 16.4. The lowest BCUT2D eigenvalue weighted by molar-refractivity contribution is 0.0687. The number of amides is 1. The Labute approximate surface area is 162 Å². The minimum absolute atomic E-state index is 0.122. The zero-order valence-corrected chi connectivity index (χ0v) is 15.7. The summed E-state index contributed by atoms with van der Waals surface area (Å²) in [7, 11) is 3.60. The van der Waals surface area contributed by atoms with Crippen LogP contribution >= 0.6 is 0 Å². The molecule has 1 amide bonds. The largest absolute Gasteiger partial charge is 0.476 e. The molecule has 3 aromatic rings. The van der Waals surface area contributed by atoms with Crippen molar-refractivity contribution in [1.82, 2.24) is 24.6 Å². The highest BCUT2D eigenvalue weighted by molar-refractivity contribution is 5.92. The number of rotatable bonds is 7. The van der Waals surface area contributed by atoms with Gasteiger partial charge in [0.1, 0.15) is 5.69 Å². The van der Waals surface area contributed by atoms with E-state index in [2.05, 4.69) is 21.1 Å². The maximum atomic E-state index is 12.4. The highest BCUT2D eigenvalue weighted by Gasteiger charge is 2.15. The minimum atomic E-state index is -1.18. The molecule has 0 bridgehead atoms. The van der Waals surface area contributed by atoms with Gasteiger partial charge in [-0.3, -0.25) is 9.48 Å². The van der Waals surface area contributed by atoms with Gasteiger partial charge in [-0.1, -0.05) is 30.3 Å². The third-order valence-corrected chi connectivity index (χ3v) is 4.36. The van der Waals surface area contributed by atoms with Crippen LogP contribution in [-0.4, -0.2) is 55.2 Å². The van der Waals surface area contributed by atoms with Gasteiger partial charge in [0.25, 0.3) is 5.91 Å². The molecule has 2 aromatic heterocycles. The molecule has 1 N–H and O–H groups in total. The molecule has 0 spiro atoms. The Bertz CT molecular complexity index is 967. The zero-order chi connectivity index (χ0) is 20.1. The first-order valence-electron chi connectivity index (χ1n) is 8.85. The molecule has 144 valence electrons. The Balaban J connectivity index is 1.56. The number of aromatic nitrogens is 4. The summed E-state index contributed by atoms with van der Waals surface area (Å²) in [6.45, 7) is 0.526. The number of aryl methyl sites for hydroxylation is 2.